The molecule has 0 amide bonds. The Morgan fingerprint density at radius 2 is 1.86 bits per heavy atom. The predicted molar refractivity (Wildman–Crippen MR) is 83.7 cm³/mol. The molecule has 112 valence electrons. The molecule has 1 aromatic carbocycles. The second kappa shape index (κ2) is 6.40. The first kappa shape index (κ1) is 16.4. The van der Waals surface area contributed by atoms with E-state index in [9.17, 15) is 13.5 Å². The van der Waals surface area contributed by atoms with Gasteiger partial charge in [-0.05, 0) is 11.6 Å². The van der Waals surface area contributed by atoms with Crippen molar-refractivity contribution >= 4 is 44.6 Å². The zero-order chi connectivity index (χ0) is 15.6. The summed E-state index contributed by atoms with van der Waals surface area (Å²) in [5.41, 5.74) is 0.440. The van der Waals surface area contributed by atoms with Crippen LogP contribution in [0.3, 0.4) is 0 Å². The van der Waals surface area contributed by atoms with Crippen molar-refractivity contribution in [3.05, 3.63) is 56.8 Å². The van der Waals surface area contributed by atoms with Gasteiger partial charge in [0.2, 0.25) is 0 Å². The zero-order valence-electron chi connectivity index (χ0n) is 10.6. The molecular formula is C13H10Cl3NO3S. The predicted octanol–water partition coefficient (Wildman–Crippen LogP) is 3.86. The third-order valence-electron chi connectivity index (χ3n) is 2.68. The SMILES string of the molecule is O=S(=O)(Cc1cccc(Cl)c1Cl)Cc1ncc(Cl)cc1O. The summed E-state index contributed by atoms with van der Waals surface area (Å²) in [6.45, 7) is 0. The van der Waals surface area contributed by atoms with Crippen LogP contribution in [-0.4, -0.2) is 18.5 Å². The maximum absolute atomic E-state index is 12.2. The number of hydrogen-bond acceptors (Lipinski definition) is 4. The number of hydrogen-bond donors (Lipinski definition) is 1. The topological polar surface area (TPSA) is 67.3 Å². The van der Waals surface area contributed by atoms with Gasteiger partial charge in [0, 0.05) is 12.3 Å². The van der Waals surface area contributed by atoms with Gasteiger partial charge >= 0.3 is 0 Å². The number of nitrogens with zero attached hydrogens (tertiary/aromatic N) is 1. The van der Waals surface area contributed by atoms with Crippen LogP contribution in [0.4, 0.5) is 0 Å². The van der Waals surface area contributed by atoms with Crippen molar-refractivity contribution in [1.82, 2.24) is 4.98 Å². The van der Waals surface area contributed by atoms with E-state index < -0.39 is 15.6 Å². The quantitative estimate of drug-likeness (QED) is 0.892. The molecule has 1 N–H and O–H groups in total. The van der Waals surface area contributed by atoms with E-state index in [1.165, 1.54) is 12.3 Å². The lowest BCUT2D eigenvalue weighted by atomic mass is 10.2. The molecule has 8 heteroatoms. The molecule has 0 fully saturated rings. The van der Waals surface area contributed by atoms with Gasteiger partial charge in [-0.2, -0.15) is 0 Å². The summed E-state index contributed by atoms with van der Waals surface area (Å²) in [6, 6.07) is 6.02. The lowest BCUT2D eigenvalue weighted by Crippen LogP contribution is -2.09. The number of pyridine rings is 1. The normalized spacial score (nSPS) is 11.6. The monoisotopic (exact) mass is 365 g/mol. The van der Waals surface area contributed by atoms with Crippen LogP contribution < -0.4 is 0 Å². The van der Waals surface area contributed by atoms with Crippen molar-refractivity contribution in [3.8, 4) is 5.75 Å². The fourth-order valence-electron chi connectivity index (χ4n) is 1.72. The smallest absolute Gasteiger partial charge is 0.160 e. The first-order valence-electron chi connectivity index (χ1n) is 5.75. The van der Waals surface area contributed by atoms with Crippen LogP contribution in [0.5, 0.6) is 5.75 Å². The van der Waals surface area contributed by atoms with Gasteiger partial charge in [0.25, 0.3) is 0 Å². The number of benzene rings is 1. The molecule has 0 bridgehead atoms. The van der Waals surface area contributed by atoms with Gasteiger partial charge in [-0.15, -0.1) is 0 Å². The van der Waals surface area contributed by atoms with E-state index in [1.807, 2.05) is 0 Å². The van der Waals surface area contributed by atoms with E-state index in [2.05, 4.69) is 4.98 Å². The van der Waals surface area contributed by atoms with Crippen LogP contribution in [-0.2, 0) is 21.3 Å². The summed E-state index contributed by atoms with van der Waals surface area (Å²) >= 11 is 17.5. The molecule has 0 unspecified atom stereocenters. The Bertz CT molecular complexity index is 778. The molecule has 0 radical (unpaired) electrons. The van der Waals surface area contributed by atoms with E-state index in [-0.39, 0.29) is 32.3 Å². The van der Waals surface area contributed by atoms with Gasteiger partial charge in [-0.3, -0.25) is 4.98 Å². The highest BCUT2D eigenvalue weighted by atomic mass is 35.5. The largest absolute Gasteiger partial charge is 0.506 e. The summed E-state index contributed by atoms with van der Waals surface area (Å²) in [5, 5.41) is 10.4. The molecule has 0 saturated carbocycles. The molecule has 0 aliphatic carbocycles. The summed E-state index contributed by atoms with van der Waals surface area (Å²) < 4.78 is 24.4. The van der Waals surface area contributed by atoms with Crippen LogP contribution in [0.1, 0.15) is 11.3 Å². The number of rotatable bonds is 4. The second-order valence-corrected chi connectivity index (χ2v) is 7.65. The number of sulfone groups is 1. The molecule has 2 aromatic rings. The van der Waals surface area contributed by atoms with E-state index in [4.69, 9.17) is 34.8 Å². The number of aromatic nitrogens is 1. The van der Waals surface area contributed by atoms with Crippen molar-refractivity contribution in [2.24, 2.45) is 0 Å². The molecule has 0 atom stereocenters. The number of halogens is 3. The van der Waals surface area contributed by atoms with E-state index in [0.29, 0.717) is 5.56 Å². The van der Waals surface area contributed by atoms with Gasteiger partial charge in [-0.25, -0.2) is 8.42 Å². The Hall–Kier alpha value is -1.01. The second-order valence-electron chi connectivity index (χ2n) is 4.36. The van der Waals surface area contributed by atoms with E-state index in [0.717, 1.165) is 0 Å². The van der Waals surface area contributed by atoms with Crippen LogP contribution in [0.15, 0.2) is 30.5 Å². The molecule has 0 spiro atoms. The van der Waals surface area contributed by atoms with Gasteiger partial charge < -0.3 is 5.11 Å². The summed E-state index contributed by atoms with van der Waals surface area (Å²) in [6.07, 6.45) is 1.28. The molecule has 0 aliphatic heterocycles. The molecule has 21 heavy (non-hydrogen) atoms. The van der Waals surface area contributed by atoms with Crippen molar-refractivity contribution < 1.29 is 13.5 Å². The molecule has 1 heterocycles. The average Bonchev–Trinajstić information content (AvgIpc) is 2.38. The highest BCUT2D eigenvalue weighted by Gasteiger charge is 2.19. The summed E-state index contributed by atoms with van der Waals surface area (Å²) in [5.74, 6) is -0.974. The first-order valence-corrected chi connectivity index (χ1v) is 8.71. The van der Waals surface area contributed by atoms with Gasteiger partial charge in [-0.1, -0.05) is 46.9 Å². The highest BCUT2D eigenvalue weighted by molar-refractivity contribution is 7.89. The van der Waals surface area contributed by atoms with Crippen LogP contribution in [0.25, 0.3) is 0 Å². The van der Waals surface area contributed by atoms with Crippen molar-refractivity contribution in [3.63, 3.8) is 0 Å². The fourth-order valence-corrected chi connectivity index (χ4v) is 3.80. The molecule has 1 aromatic heterocycles. The molecule has 2 rings (SSSR count). The van der Waals surface area contributed by atoms with Crippen LogP contribution in [0, 0.1) is 0 Å². The standard InChI is InChI=1S/C13H10Cl3NO3S/c14-9-4-12(18)11(17-5-9)7-21(19,20)6-8-2-1-3-10(15)13(8)16/h1-5,18H,6-7H2. The molecular weight excluding hydrogens is 357 g/mol. The Kier molecular flexibility index (Phi) is 4.99. The third-order valence-corrected chi connectivity index (χ3v) is 5.21. The Morgan fingerprint density at radius 3 is 2.52 bits per heavy atom. The molecule has 4 nitrogen and oxygen atoms in total. The third kappa shape index (κ3) is 4.23. The number of aromatic hydroxyl groups is 1. The van der Waals surface area contributed by atoms with Gasteiger partial charge in [0.15, 0.2) is 9.84 Å². The lowest BCUT2D eigenvalue weighted by molar-refractivity contribution is 0.466. The Balaban J connectivity index is 2.25. The maximum atomic E-state index is 12.2. The van der Waals surface area contributed by atoms with Gasteiger partial charge in [0.1, 0.15) is 5.75 Å². The van der Waals surface area contributed by atoms with Crippen molar-refractivity contribution in [2.75, 3.05) is 0 Å². The summed E-state index contributed by atoms with van der Waals surface area (Å²) in [7, 11) is -3.57. The van der Waals surface area contributed by atoms with Crippen molar-refractivity contribution in [1.29, 1.82) is 0 Å². The maximum Gasteiger partial charge on any atom is 0.160 e. The first-order chi connectivity index (χ1) is 9.78. The minimum absolute atomic E-state index is 0.0394. The van der Waals surface area contributed by atoms with Crippen molar-refractivity contribution in [2.45, 2.75) is 11.5 Å². The fraction of sp³-hybridized carbons (Fsp3) is 0.154. The molecule has 0 aliphatic rings. The minimum atomic E-state index is -3.57. The van der Waals surface area contributed by atoms with E-state index in [1.54, 1.807) is 18.2 Å². The Labute approximate surface area is 137 Å². The van der Waals surface area contributed by atoms with Crippen LogP contribution in [0.2, 0.25) is 15.1 Å². The summed E-state index contributed by atoms with van der Waals surface area (Å²) in [4.78, 5) is 3.82. The Morgan fingerprint density at radius 1 is 1.14 bits per heavy atom. The highest BCUT2D eigenvalue weighted by Crippen LogP contribution is 2.28. The van der Waals surface area contributed by atoms with Crippen LogP contribution >= 0.6 is 34.8 Å². The lowest BCUT2D eigenvalue weighted by Gasteiger charge is -2.08. The average molecular weight is 367 g/mol. The zero-order valence-corrected chi connectivity index (χ0v) is 13.6. The van der Waals surface area contributed by atoms with Gasteiger partial charge in [0.05, 0.1) is 32.3 Å². The minimum Gasteiger partial charge on any atom is -0.506 e. The van der Waals surface area contributed by atoms with E-state index >= 15 is 0 Å². The molecule has 0 saturated heterocycles.